The van der Waals surface area contributed by atoms with E-state index in [0.29, 0.717) is 22.3 Å². The van der Waals surface area contributed by atoms with Crippen LogP contribution < -0.4 is 5.32 Å². The Hall–Kier alpha value is -2.43. The van der Waals surface area contributed by atoms with E-state index in [1.54, 1.807) is 24.4 Å². The van der Waals surface area contributed by atoms with Crippen molar-refractivity contribution in [3.63, 3.8) is 0 Å². The van der Waals surface area contributed by atoms with E-state index in [9.17, 15) is 9.90 Å². The minimum absolute atomic E-state index is 0.268. The second-order valence-electron chi connectivity index (χ2n) is 6.29. The zero-order valence-corrected chi connectivity index (χ0v) is 16.6. The van der Waals surface area contributed by atoms with E-state index < -0.39 is 5.97 Å². The van der Waals surface area contributed by atoms with Crippen LogP contribution in [0.3, 0.4) is 0 Å². The van der Waals surface area contributed by atoms with Crippen LogP contribution in [0.25, 0.3) is 0 Å². The highest BCUT2D eigenvalue weighted by Crippen LogP contribution is 2.33. The number of carboxylic acid groups (broad SMARTS) is 1. The van der Waals surface area contributed by atoms with Crippen LogP contribution in [0, 0.1) is 6.92 Å². The number of aryl methyl sites for hydroxylation is 2. The molecule has 3 rings (SSSR count). The van der Waals surface area contributed by atoms with E-state index in [1.807, 2.05) is 48.7 Å². The summed E-state index contributed by atoms with van der Waals surface area (Å²) in [7, 11) is 0. The van der Waals surface area contributed by atoms with Gasteiger partial charge in [0.2, 0.25) is 0 Å². The average molecular weight is 403 g/mol. The van der Waals surface area contributed by atoms with Gasteiger partial charge in [0.05, 0.1) is 17.3 Å². The molecule has 0 bridgehead atoms. The minimum Gasteiger partial charge on any atom is -0.478 e. The Labute approximate surface area is 168 Å². The zero-order valence-electron chi connectivity index (χ0n) is 15.0. The summed E-state index contributed by atoms with van der Waals surface area (Å²) < 4.78 is 1.94. The summed E-state index contributed by atoms with van der Waals surface area (Å²) >= 11 is 12.2. The Morgan fingerprint density at radius 1 is 1.11 bits per heavy atom. The summed E-state index contributed by atoms with van der Waals surface area (Å²) in [5.41, 5.74) is 3.73. The lowest BCUT2D eigenvalue weighted by atomic mass is 9.99. The molecular formula is C21H20Cl2N2O2. The van der Waals surface area contributed by atoms with Crippen molar-refractivity contribution in [1.82, 2.24) is 4.57 Å². The number of aromatic nitrogens is 1. The second-order valence-corrected chi connectivity index (χ2v) is 7.17. The summed E-state index contributed by atoms with van der Waals surface area (Å²) in [6.45, 7) is 4.62. The number of aromatic carboxylic acids is 1. The summed E-state index contributed by atoms with van der Waals surface area (Å²) in [6.07, 6.45) is 1.80. The van der Waals surface area contributed by atoms with Crippen molar-refractivity contribution >= 4 is 34.9 Å². The number of benzene rings is 2. The number of anilines is 1. The molecule has 0 radical (unpaired) electrons. The fourth-order valence-electron chi connectivity index (χ4n) is 3.13. The molecule has 0 aliphatic heterocycles. The maximum Gasteiger partial charge on any atom is 0.337 e. The molecule has 2 N–H and O–H groups in total. The van der Waals surface area contributed by atoms with Crippen LogP contribution in [0.15, 0.2) is 54.7 Å². The molecule has 1 atom stereocenters. The molecule has 27 heavy (non-hydrogen) atoms. The molecule has 1 unspecified atom stereocenters. The molecule has 0 aliphatic carbocycles. The quantitative estimate of drug-likeness (QED) is 0.529. The van der Waals surface area contributed by atoms with Gasteiger partial charge >= 0.3 is 5.97 Å². The van der Waals surface area contributed by atoms with Gasteiger partial charge < -0.3 is 15.0 Å². The minimum atomic E-state index is -0.958. The summed E-state index contributed by atoms with van der Waals surface area (Å²) in [4.78, 5) is 11.8. The first-order valence-electron chi connectivity index (χ1n) is 8.61. The van der Waals surface area contributed by atoms with Crippen molar-refractivity contribution < 1.29 is 9.90 Å². The third kappa shape index (κ3) is 4.12. The van der Waals surface area contributed by atoms with Crippen molar-refractivity contribution in [3.05, 3.63) is 87.2 Å². The molecule has 2 aromatic carbocycles. The van der Waals surface area contributed by atoms with Gasteiger partial charge in [0.1, 0.15) is 0 Å². The van der Waals surface area contributed by atoms with Gasteiger partial charge in [-0.2, -0.15) is 0 Å². The number of hydrogen-bond acceptors (Lipinski definition) is 2. The molecule has 4 nitrogen and oxygen atoms in total. The lowest BCUT2D eigenvalue weighted by molar-refractivity contribution is 0.0695. The lowest BCUT2D eigenvalue weighted by Crippen LogP contribution is -2.20. The number of carbonyl (C=O) groups is 1. The molecular weight excluding hydrogens is 383 g/mol. The average Bonchev–Trinajstić information content (AvgIpc) is 3.07. The molecule has 0 saturated heterocycles. The number of nitrogens with one attached hydrogen (secondary N) is 1. The van der Waals surface area contributed by atoms with Crippen molar-refractivity contribution in [2.45, 2.75) is 26.4 Å². The van der Waals surface area contributed by atoms with Gasteiger partial charge in [0, 0.05) is 28.5 Å². The third-order valence-corrected chi connectivity index (χ3v) is 5.04. The van der Waals surface area contributed by atoms with Crippen LogP contribution >= 0.6 is 23.2 Å². The number of carboxylic acids is 1. The van der Waals surface area contributed by atoms with E-state index in [4.69, 9.17) is 23.2 Å². The first-order valence-corrected chi connectivity index (χ1v) is 9.36. The highest BCUT2D eigenvalue weighted by Gasteiger charge is 2.25. The van der Waals surface area contributed by atoms with E-state index in [-0.39, 0.29) is 11.6 Å². The highest BCUT2D eigenvalue weighted by molar-refractivity contribution is 6.31. The Morgan fingerprint density at radius 3 is 2.41 bits per heavy atom. The SMILES string of the molecule is CCn1ccc(C(=O)O)c1C(Nc1cc(Cl)ccc1C)c1ccc(Cl)cc1. The van der Waals surface area contributed by atoms with Crippen LogP contribution in [0.4, 0.5) is 5.69 Å². The van der Waals surface area contributed by atoms with Gasteiger partial charge in [-0.1, -0.05) is 41.4 Å². The first kappa shape index (κ1) is 19.3. The third-order valence-electron chi connectivity index (χ3n) is 4.55. The highest BCUT2D eigenvalue weighted by atomic mass is 35.5. The molecule has 0 saturated carbocycles. The predicted molar refractivity (Wildman–Crippen MR) is 110 cm³/mol. The number of rotatable bonds is 6. The molecule has 1 aromatic heterocycles. The van der Waals surface area contributed by atoms with Gasteiger partial charge in [-0.05, 0) is 55.3 Å². The number of nitrogens with zero attached hydrogens (tertiary/aromatic N) is 1. The topological polar surface area (TPSA) is 54.3 Å². The fourth-order valence-corrected chi connectivity index (χ4v) is 3.43. The van der Waals surface area contributed by atoms with Crippen molar-refractivity contribution in [1.29, 1.82) is 0 Å². The standard InChI is InChI=1S/C21H20Cl2N2O2/c1-3-25-11-10-17(21(26)27)20(25)19(14-5-8-15(22)9-6-14)24-18-12-16(23)7-4-13(18)2/h4-12,19,24H,3H2,1-2H3,(H,26,27). The molecule has 0 amide bonds. The zero-order chi connectivity index (χ0) is 19.6. The van der Waals surface area contributed by atoms with Crippen LogP contribution in [0.1, 0.15) is 40.1 Å². The summed E-state index contributed by atoms with van der Waals surface area (Å²) in [5, 5.41) is 14.4. The summed E-state index contributed by atoms with van der Waals surface area (Å²) in [6, 6.07) is 14.3. The monoisotopic (exact) mass is 402 g/mol. The first-order chi connectivity index (χ1) is 12.9. The lowest BCUT2D eigenvalue weighted by Gasteiger charge is -2.24. The Kier molecular flexibility index (Phi) is 5.78. The smallest absolute Gasteiger partial charge is 0.337 e. The van der Waals surface area contributed by atoms with Crippen LogP contribution in [0.5, 0.6) is 0 Å². The van der Waals surface area contributed by atoms with Gasteiger partial charge in [0.25, 0.3) is 0 Å². The molecule has 0 aliphatic rings. The molecule has 1 heterocycles. The Bertz CT molecular complexity index is 965. The van der Waals surface area contributed by atoms with E-state index in [1.165, 1.54) is 0 Å². The van der Waals surface area contributed by atoms with Crippen LogP contribution in [0.2, 0.25) is 10.0 Å². The van der Waals surface area contributed by atoms with Crippen molar-refractivity contribution in [2.75, 3.05) is 5.32 Å². The van der Waals surface area contributed by atoms with Gasteiger partial charge in [-0.15, -0.1) is 0 Å². The van der Waals surface area contributed by atoms with E-state index in [0.717, 1.165) is 16.8 Å². The molecule has 6 heteroatoms. The maximum atomic E-state index is 11.8. The Morgan fingerprint density at radius 2 is 1.78 bits per heavy atom. The second kappa shape index (κ2) is 8.07. The maximum absolute atomic E-state index is 11.8. The normalized spacial score (nSPS) is 12.0. The fraction of sp³-hybridized carbons (Fsp3) is 0.190. The van der Waals surface area contributed by atoms with E-state index >= 15 is 0 Å². The summed E-state index contributed by atoms with van der Waals surface area (Å²) in [5.74, 6) is -0.958. The molecule has 3 aromatic rings. The van der Waals surface area contributed by atoms with Gasteiger partial charge in [0.15, 0.2) is 0 Å². The van der Waals surface area contributed by atoms with Crippen LogP contribution in [-0.2, 0) is 6.54 Å². The number of hydrogen-bond donors (Lipinski definition) is 2. The predicted octanol–water partition coefficient (Wildman–Crippen LogP) is 6.02. The molecule has 0 fully saturated rings. The molecule has 140 valence electrons. The van der Waals surface area contributed by atoms with Crippen molar-refractivity contribution in [3.8, 4) is 0 Å². The van der Waals surface area contributed by atoms with E-state index in [2.05, 4.69) is 5.32 Å². The van der Waals surface area contributed by atoms with Gasteiger partial charge in [-0.3, -0.25) is 0 Å². The molecule has 0 spiro atoms. The van der Waals surface area contributed by atoms with Crippen molar-refractivity contribution in [2.24, 2.45) is 0 Å². The van der Waals surface area contributed by atoms with Crippen LogP contribution in [-0.4, -0.2) is 15.6 Å². The number of halogens is 2. The Balaban J connectivity index is 2.17. The van der Waals surface area contributed by atoms with Gasteiger partial charge in [-0.25, -0.2) is 4.79 Å². The largest absolute Gasteiger partial charge is 0.478 e.